The summed E-state index contributed by atoms with van der Waals surface area (Å²) in [4.78, 5) is -0.732. The van der Waals surface area contributed by atoms with Crippen LogP contribution in [0.15, 0.2) is 47.4 Å². The predicted molar refractivity (Wildman–Crippen MR) is 80.0 cm³/mol. The van der Waals surface area contributed by atoms with Crippen LogP contribution >= 0.6 is 10.5 Å². The molecule has 128 valence electrons. The summed E-state index contributed by atoms with van der Waals surface area (Å²) in [5.74, 6) is 0. The van der Waals surface area contributed by atoms with Gasteiger partial charge >= 0.3 is 11.4 Å². The van der Waals surface area contributed by atoms with E-state index in [1.54, 1.807) is 0 Å². The largest absolute Gasteiger partial charge is 0.530 e. The van der Waals surface area contributed by atoms with E-state index in [1.165, 1.54) is 18.2 Å². The zero-order valence-electron chi connectivity index (χ0n) is 11.5. The summed E-state index contributed by atoms with van der Waals surface area (Å²) in [6.45, 7) is 0. The molecule has 0 spiro atoms. The SMILES string of the molecule is O=S(=O)(O)c1ccc2c3ccccc3[s+](C(F)(F)C(F)(F)F)c2c1. The van der Waals surface area contributed by atoms with Crippen molar-refractivity contribution in [2.45, 2.75) is 16.3 Å². The van der Waals surface area contributed by atoms with Crippen molar-refractivity contribution in [3.05, 3.63) is 42.5 Å². The van der Waals surface area contributed by atoms with Crippen LogP contribution in [-0.4, -0.2) is 19.1 Å². The lowest BCUT2D eigenvalue weighted by Gasteiger charge is -2.12. The van der Waals surface area contributed by atoms with Crippen LogP contribution in [0.2, 0.25) is 0 Å². The van der Waals surface area contributed by atoms with Gasteiger partial charge in [-0.25, -0.2) is 0 Å². The first-order valence-electron chi connectivity index (χ1n) is 6.34. The third-order valence-corrected chi connectivity index (χ3v) is 6.62. The Morgan fingerprint density at radius 2 is 1.46 bits per heavy atom. The summed E-state index contributed by atoms with van der Waals surface area (Å²) in [6.07, 6.45) is -5.81. The Balaban J connectivity index is 2.53. The molecule has 2 aromatic carbocycles. The van der Waals surface area contributed by atoms with Crippen LogP contribution in [0.25, 0.3) is 20.2 Å². The third-order valence-electron chi connectivity index (χ3n) is 3.45. The number of benzene rings is 2. The number of thiophene rings is 1. The van der Waals surface area contributed by atoms with Crippen LogP contribution in [-0.2, 0) is 15.4 Å². The molecular weight excluding hydrogens is 375 g/mol. The van der Waals surface area contributed by atoms with E-state index >= 15 is 0 Å². The molecule has 0 aliphatic rings. The highest BCUT2D eigenvalue weighted by molar-refractivity contribution is 7.85. The van der Waals surface area contributed by atoms with E-state index in [-0.39, 0.29) is 15.5 Å². The normalized spacial score (nSPS) is 14.5. The maximum Gasteiger partial charge on any atom is 0.530 e. The number of alkyl halides is 5. The number of fused-ring (bicyclic) bond motifs is 3. The number of halogens is 5. The van der Waals surface area contributed by atoms with Gasteiger partial charge in [0, 0.05) is 16.8 Å². The molecule has 0 bridgehead atoms. The zero-order valence-corrected chi connectivity index (χ0v) is 13.1. The Kier molecular flexibility index (Phi) is 3.63. The van der Waals surface area contributed by atoms with E-state index in [4.69, 9.17) is 4.55 Å². The Hall–Kier alpha value is -1.78. The lowest BCUT2D eigenvalue weighted by Crippen LogP contribution is -2.29. The molecule has 1 atom stereocenters. The first-order valence-corrected chi connectivity index (χ1v) is 9.01. The molecule has 0 saturated heterocycles. The van der Waals surface area contributed by atoms with E-state index < -0.39 is 41.6 Å². The van der Waals surface area contributed by atoms with Crippen molar-refractivity contribution < 1.29 is 34.9 Å². The standard InChI is InChI=1S/C14H7F5O3S2/c15-13(16,17)14(18,19)23-11-4-2-1-3-9(11)10-6-5-8(7-12(10)23)24(20,21)22/h1-7H/p+1. The average molecular weight is 383 g/mol. The fourth-order valence-electron chi connectivity index (χ4n) is 2.43. The van der Waals surface area contributed by atoms with Gasteiger partial charge < -0.3 is 0 Å². The summed E-state index contributed by atoms with van der Waals surface area (Å²) in [6, 6.07) is 8.12. The monoisotopic (exact) mass is 383 g/mol. The van der Waals surface area contributed by atoms with E-state index in [1.807, 2.05) is 0 Å². The van der Waals surface area contributed by atoms with Gasteiger partial charge in [0.1, 0.15) is 0 Å². The Morgan fingerprint density at radius 3 is 2.04 bits per heavy atom. The highest BCUT2D eigenvalue weighted by atomic mass is 32.2. The van der Waals surface area contributed by atoms with Crippen molar-refractivity contribution in [2.24, 2.45) is 0 Å². The van der Waals surface area contributed by atoms with Crippen molar-refractivity contribution >= 4 is 40.8 Å². The quantitative estimate of drug-likeness (QED) is 0.381. The molecule has 3 rings (SSSR count). The van der Waals surface area contributed by atoms with Gasteiger partial charge in [0.15, 0.2) is 9.40 Å². The second-order valence-corrected chi connectivity index (χ2v) is 8.38. The van der Waals surface area contributed by atoms with Crippen LogP contribution in [0.1, 0.15) is 0 Å². The molecule has 10 heteroatoms. The van der Waals surface area contributed by atoms with Gasteiger partial charge in [-0.15, -0.1) is 8.78 Å². The molecule has 0 fully saturated rings. The molecule has 24 heavy (non-hydrogen) atoms. The summed E-state index contributed by atoms with van der Waals surface area (Å²) >= 11 is 0. The van der Waals surface area contributed by atoms with Crippen molar-refractivity contribution in [3.63, 3.8) is 0 Å². The van der Waals surface area contributed by atoms with Gasteiger partial charge in [-0.3, -0.25) is 4.55 Å². The number of hydrogen-bond acceptors (Lipinski definition) is 2. The van der Waals surface area contributed by atoms with Crippen LogP contribution < -0.4 is 0 Å². The average Bonchev–Trinajstić information content (AvgIpc) is 2.79. The maximum atomic E-state index is 14.1. The van der Waals surface area contributed by atoms with Gasteiger partial charge in [-0.2, -0.15) is 21.6 Å². The lowest BCUT2D eigenvalue weighted by molar-refractivity contribution is -0.264. The van der Waals surface area contributed by atoms with E-state index in [2.05, 4.69) is 0 Å². The fraction of sp³-hybridized carbons (Fsp3) is 0.143. The molecule has 3 nitrogen and oxygen atoms in total. The second kappa shape index (κ2) is 5.11. The fourth-order valence-corrected chi connectivity index (χ4v) is 5.29. The molecule has 0 amide bonds. The van der Waals surface area contributed by atoms with Gasteiger partial charge in [-0.05, 0) is 24.3 Å². The van der Waals surface area contributed by atoms with Gasteiger partial charge in [-0.1, -0.05) is 12.1 Å². The summed E-state index contributed by atoms with van der Waals surface area (Å²) in [7, 11) is -7.47. The minimum absolute atomic E-state index is 0.0882. The molecule has 0 aliphatic heterocycles. The van der Waals surface area contributed by atoms with Crippen molar-refractivity contribution in [1.29, 1.82) is 0 Å². The minimum Gasteiger partial charge on any atom is -0.282 e. The lowest BCUT2D eigenvalue weighted by atomic mass is 10.2. The Bertz CT molecular complexity index is 1050. The second-order valence-electron chi connectivity index (χ2n) is 4.95. The molecule has 1 N–H and O–H groups in total. The molecule has 1 unspecified atom stereocenters. The summed E-state index contributed by atoms with van der Waals surface area (Å²) in [5.41, 5.74) is 0. The number of rotatable bonds is 2. The molecule has 3 aromatic rings. The predicted octanol–water partition coefficient (Wildman–Crippen LogP) is 5.10. The van der Waals surface area contributed by atoms with Gasteiger partial charge in [0.25, 0.3) is 10.1 Å². The first kappa shape index (κ1) is 17.1. The highest BCUT2D eigenvalue weighted by Gasteiger charge is 2.69. The molecule has 0 radical (unpaired) electrons. The van der Waals surface area contributed by atoms with E-state index in [9.17, 15) is 30.4 Å². The van der Waals surface area contributed by atoms with Gasteiger partial charge in [0.2, 0.25) is 0 Å². The topological polar surface area (TPSA) is 54.4 Å². The molecule has 0 aliphatic carbocycles. The van der Waals surface area contributed by atoms with Crippen molar-refractivity contribution in [2.75, 3.05) is 0 Å². The minimum atomic E-state index is -5.81. The van der Waals surface area contributed by atoms with Crippen LogP contribution in [0, 0.1) is 0 Å². The number of hydrogen-bond donors (Lipinski definition) is 1. The maximum absolute atomic E-state index is 14.1. The van der Waals surface area contributed by atoms with Crippen molar-refractivity contribution in [3.8, 4) is 0 Å². The van der Waals surface area contributed by atoms with Crippen LogP contribution in [0.3, 0.4) is 0 Å². The summed E-state index contributed by atoms with van der Waals surface area (Å²) < 4.78 is 97.7. The Morgan fingerprint density at radius 1 is 0.875 bits per heavy atom. The first-order chi connectivity index (χ1) is 10.9. The van der Waals surface area contributed by atoms with Gasteiger partial charge in [0.05, 0.1) is 15.4 Å². The molecule has 0 saturated carbocycles. The molecule has 1 heterocycles. The third kappa shape index (κ3) is 2.45. The van der Waals surface area contributed by atoms with Crippen LogP contribution in [0.5, 0.6) is 0 Å². The molecule has 1 aromatic heterocycles. The zero-order chi connectivity index (χ0) is 17.9. The van der Waals surface area contributed by atoms with E-state index in [0.29, 0.717) is 6.07 Å². The summed E-state index contributed by atoms with van der Waals surface area (Å²) in [5, 5.41) is -4.81. The van der Waals surface area contributed by atoms with Crippen LogP contribution in [0.4, 0.5) is 22.0 Å². The smallest absolute Gasteiger partial charge is 0.282 e. The Labute approximate surface area is 135 Å². The highest BCUT2D eigenvalue weighted by Crippen LogP contribution is 2.59. The van der Waals surface area contributed by atoms with Crippen molar-refractivity contribution in [1.82, 2.24) is 0 Å². The molecular formula is C14H8F5O3S2+. The van der Waals surface area contributed by atoms with E-state index in [0.717, 1.165) is 18.2 Å².